The third-order valence-corrected chi connectivity index (χ3v) is 3.68. The van der Waals surface area contributed by atoms with Crippen molar-refractivity contribution in [3.63, 3.8) is 0 Å². The molecule has 0 saturated heterocycles. The molecule has 1 heterocycles. The first-order chi connectivity index (χ1) is 8.48. The van der Waals surface area contributed by atoms with Gasteiger partial charge in [0.15, 0.2) is 0 Å². The Morgan fingerprint density at radius 3 is 2.72 bits per heavy atom. The van der Waals surface area contributed by atoms with Crippen LogP contribution in [0.1, 0.15) is 56.6 Å². The first-order valence-electron chi connectivity index (χ1n) is 6.63. The number of carbonyl (C=O) groups is 1. The van der Waals surface area contributed by atoms with E-state index in [9.17, 15) is 4.79 Å². The van der Waals surface area contributed by atoms with Gasteiger partial charge in [0.25, 0.3) is 0 Å². The van der Waals surface area contributed by atoms with E-state index in [1.54, 1.807) is 0 Å². The van der Waals surface area contributed by atoms with E-state index in [2.05, 4.69) is 5.32 Å². The van der Waals surface area contributed by atoms with Crippen LogP contribution in [0, 0.1) is 6.92 Å². The second kappa shape index (κ2) is 5.14. The Morgan fingerprint density at radius 2 is 2.17 bits per heavy atom. The van der Waals surface area contributed by atoms with Gasteiger partial charge in [-0.2, -0.15) is 0 Å². The van der Waals surface area contributed by atoms with Gasteiger partial charge in [-0.15, -0.1) is 0 Å². The number of hydrogen-bond acceptors (Lipinski definition) is 3. The summed E-state index contributed by atoms with van der Waals surface area (Å²) in [4.78, 5) is 12.0. The molecule has 1 amide bonds. The zero-order valence-corrected chi connectivity index (χ0v) is 11.2. The SMILES string of the molecule is Cc1ccc(C(C)NC(=O)CC2(N)CCCC2)o1. The van der Waals surface area contributed by atoms with E-state index in [0.29, 0.717) is 6.42 Å². The smallest absolute Gasteiger partial charge is 0.222 e. The molecule has 4 heteroatoms. The average molecular weight is 250 g/mol. The Bertz CT molecular complexity index is 419. The van der Waals surface area contributed by atoms with E-state index in [1.807, 2.05) is 26.0 Å². The summed E-state index contributed by atoms with van der Waals surface area (Å²) in [6.45, 7) is 3.82. The fourth-order valence-electron chi connectivity index (χ4n) is 2.63. The van der Waals surface area contributed by atoms with Crippen molar-refractivity contribution in [3.8, 4) is 0 Å². The van der Waals surface area contributed by atoms with Gasteiger partial charge in [0, 0.05) is 12.0 Å². The summed E-state index contributed by atoms with van der Waals surface area (Å²) in [5, 5.41) is 2.95. The lowest BCUT2D eigenvalue weighted by atomic mass is 9.94. The summed E-state index contributed by atoms with van der Waals surface area (Å²) in [6, 6.07) is 3.70. The van der Waals surface area contributed by atoms with E-state index in [0.717, 1.165) is 37.2 Å². The molecule has 1 unspecified atom stereocenters. The number of nitrogens with one attached hydrogen (secondary N) is 1. The molecule has 0 bridgehead atoms. The third-order valence-electron chi connectivity index (χ3n) is 3.68. The normalized spacial score (nSPS) is 19.7. The van der Waals surface area contributed by atoms with Crippen molar-refractivity contribution in [1.82, 2.24) is 5.32 Å². The summed E-state index contributed by atoms with van der Waals surface area (Å²) in [5.74, 6) is 1.66. The minimum absolute atomic E-state index is 0.0148. The van der Waals surface area contributed by atoms with Crippen molar-refractivity contribution in [2.75, 3.05) is 0 Å². The number of carbonyl (C=O) groups excluding carboxylic acids is 1. The van der Waals surface area contributed by atoms with Crippen LogP contribution < -0.4 is 11.1 Å². The summed E-state index contributed by atoms with van der Waals surface area (Å²) < 4.78 is 5.50. The molecule has 0 aromatic carbocycles. The van der Waals surface area contributed by atoms with Crippen molar-refractivity contribution in [2.45, 2.75) is 57.5 Å². The molecular formula is C14H22N2O2. The maximum Gasteiger partial charge on any atom is 0.222 e. The lowest BCUT2D eigenvalue weighted by Gasteiger charge is -2.23. The predicted octanol–water partition coefficient (Wildman–Crippen LogP) is 2.43. The Morgan fingerprint density at radius 1 is 1.50 bits per heavy atom. The predicted molar refractivity (Wildman–Crippen MR) is 70.0 cm³/mol. The fourth-order valence-corrected chi connectivity index (χ4v) is 2.63. The zero-order valence-electron chi connectivity index (χ0n) is 11.2. The minimum Gasteiger partial charge on any atom is -0.464 e. The van der Waals surface area contributed by atoms with Crippen LogP contribution in [0.4, 0.5) is 0 Å². The molecular weight excluding hydrogens is 228 g/mol. The van der Waals surface area contributed by atoms with Gasteiger partial charge in [0.1, 0.15) is 11.5 Å². The molecule has 100 valence electrons. The second-order valence-corrected chi connectivity index (χ2v) is 5.48. The molecule has 1 saturated carbocycles. The van der Waals surface area contributed by atoms with Crippen LogP contribution in [0.3, 0.4) is 0 Å². The summed E-state index contributed by atoms with van der Waals surface area (Å²) in [7, 11) is 0. The highest BCUT2D eigenvalue weighted by atomic mass is 16.3. The standard InChI is InChI=1S/C14H22N2O2/c1-10-5-6-12(18-10)11(2)16-13(17)9-14(15)7-3-4-8-14/h5-6,11H,3-4,7-9,15H2,1-2H3,(H,16,17). The topological polar surface area (TPSA) is 68.3 Å². The molecule has 0 spiro atoms. The molecule has 1 aliphatic rings. The number of hydrogen-bond donors (Lipinski definition) is 2. The molecule has 1 aromatic heterocycles. The molecule has 1 atom stereocenters. The lowest BCUT2D eigenvalue weighted by molar-refractivity contribution is -0.123. The van der Waals surface area contributed by atoms with Crippen molar-refractivity contribution in [3.05, 3.63) is 23.7 Å². The Balaban J connectivity index is 1.87. The van der Waals surface area contributed by atoms with Crippen molar-refractivity contribution >= 4 is 5.91 Å². The number of furan rings is 1. The summed E-state index contributed by atoms with van der Waals surface area (Å²) in [5.41, 5.74) is 5.91. The van der Waals surface area contributed by atoms with Gasteiger partial charge in [-0.3, -0.25) is 4.79 Å². The largest absolute Gasteiger partial charge is 0.464 e. The zero-order chi connectivity index (χ0) is 13.2. The molecule has 2 rings (SSSR count). The summed E-state index contributed by atoms with van der Waals surface area (Å²) in [6.07, 6.45) is 4.59. The Hall–Kier alpha value is -1.29. The molecule has 1 aliphatic carbocycles. The molecule has 18 heavy (non-hydrogen) atoms. The molecule has 1 aromatic rings. The third kappa shape index (κ3) is 3.13. The van der Waals surface area contributed by atoms with Crippen LogP contribution in [-0.4, -0.2) is 11.4 Å². The fraction of sp³-hybridized carbons (Fsp3) is 0.643. The van der Waals surface area contributed by atoms with Gasteiger partial charge < -0.3 is 15.5 Å². The van der Waals surface area contributed by atoms with E-state index in [1.165, 1.54) is 0 Å². The van der Waals surface area contributed by atoms with E-state index in [4.69, 9.17) is 10.2 Å². The Labute approximate surface area is 108 Å². The highest BCUT2D eigenvalue weighted by Gasteiger charge is 2.32. The molecule has 4 nitrogen and oxygen atoms in total. The van der Waals surface area contributed by atoms with Crippen molar-refractivity contribution in [1.29, 1.82) is 0 Å². The van der Waals surface area contributed by atoms with Crippen LogP contribution in [-0.2, 0) is 4.79 Å². The molecule has 0 aliphatic heterocycles. The van der Waals surface area contributed by atoms with Crippen LogP contribution in [0.5, 0.6) is 0 Å². The first kappa shape index (κ1) is 13.1. The van der Waals surface area contributed by atoms with Crippen LogP contribution in [0.2, 0.25) is 0 Å². The monoisotopic (exact) mass is 250 g/mol. The van der Waals surface area contributed by atoms with Gasteiger partial charge in [-0.05, 0) is 38.8 Å². The second-order valence-electron chi connectivity index (χ2n) is 5.48. The maximum atomic E-state index is 12.0. The van der Waals surface area contributed by atoms with Gasteiger partial charge >= 0.3 is 0 Å². The number of aryl methyl sites for hydroxylation is 1. The van der Waals surface area contributed by atoms with Crippen molar-refractivity contribution < 1.29 is 9.21 Å². The maximum absolute atomic E-state index is 12.0. The van der Waals surface area contributed by atoms with Crippen molar-refractivity contribution in [2.24, 2.45) is 5.73 Å². The minimum atomic E-state index is -0.289. The quantitative estimate of drug-likeness (QED) is 0.862. The number of nitrogens with two attached hydrogens (primary N) is 1. The van der Waals surface area contributed by atoms with Crippen LogP contribution >= 0.6 is 0 Å². The van der Waals surface area contributed by atoms with Gasteiger partial charge in [-0.1, -0.05) is 12.8 Å². The van der Waals surface area contributed by atoms with Crippen LogP contribution in [0.15, 0.2) is 16.5 Å². The van der Waals surface area contributed by atoms with Crippen LogP contribution in [0.25, 0.3) is 0 Å². The Kier molecular flexibility index (Phi) is 3.76. The van der Waals surface area contributed by atoms with Gasteiger partial charge in [-0.25, -0.2) is 0 Å². The van der Waals surface area contributed by atoms with Gasteiger partial charge in [0.05, 0.1) is 6.04 Å². The molecule has 1 fully saturated rings. The molecule has 3 N–H and O–H groups in total. The van der Waals surface area contributed by atoms with E-state index >= 15 is 0 Å². The average Bonchev–Trinajstić information content (AvgIpc) is 2.87. The highest BCUT2D eigenvalue weighted by Crippen LogP contribution is 2.30. The highest BCUT2D eigenvalue weighted by molar-refractivity contribution is 5.77. The molecule has 0 radical (unpaired) electrons. The lowest BCUT2D eigenvalue weighted by Crippen LogP contribution is -2.42. The first-order valence-corrected chi connectivity index (χ1v) is 6.63. The van der Waals surface area contributed by atoms with Gasteiger partial charge in [0.2, 0.25) is 5.91 Å². The van der Waals surface area contributed by atoms with E-state index in [-0.39, 0.29) is 17.5 Å². The number of amides is 1. The number of rotatable bonds is 4. The van der Waals surface area contributed by atoms with E-state index < -0.39 is 0 Å². The summed E-state index contributed by atoms with van der Waals surface area (Å²) >= 11 is 0.